The number of hydrogen-bond donors (Lipinski definition) is 1. The molecule has 0 aliphatic carbocycles. The van der Waals surface area contributed by atoms with E-state index in [2.05, 4.69) is 37.2 Å². The fourth-order valence-electron chi connectivity index (χ4n) is 1.93. The zero-order valence-corrected chi connectivity index (χ0v) is 13.2. The molecule has 2 aromatic rings. The fraction of sp³-hybridized carbons (Fsp3) is 0.143. The number of rotatable bonds is 3. The van der Waals surface area contributed by atoms with Gasteiger partial charge in [0, 0.05) is 10.0 Å². The van der Waals surface area contributed by atoms with E-state index in [1.807, 2.05) is 0 Å². The highest BCUT2D eigenvalue weighted by atomic mass is 79.9. The van der Waals surface area contributed by atoms with E-state index in [9.17, 15) is 8.78 Å². The number of hydrogen-bond acceptors (Lipinski definition) is 1. The van der Waals surface area contributed by atoms with Crippen LogP contribution in [0.25, 0.3) is 0 Å². The van der Waals surface area contributed by atoms with E-state index in [4.69, 9.17) is 0 Å². The Morgan fingerprint density at radius 2 is 1.74 bits per heavy atom. The SMILES string of the molecule is CNC(c1ccc(F)c(Br)c1)c1ccc(Br)cc1F. The molecule has 0 aliphatic rings. The van der Waals surface area contributed by atoms with Gasteiger partial charge in [0.15, 0.2) is 0 Å². The molecule has 1 unspecified atom stereocenters. The van der Waals surface area contributed by atoms with Gasteiger partial charge in [-0.3, -0.25) is 0 Å². The predicted molar refractivity (Wildman–Crippen MR) is 79.1 cm³/mol. The van der Waals surface area contributed by atoms with Crippen molar-refractivity contribution in [1.29, 1.82) is 0 Å². The van der Waals surface area contributed by atoms with Gasteiger partial charge in [-0.15, -0.1) is 0 Å². The van der Waals surface area contributed by atoms with Crippen LogP contribution >= 0.6 is 31.9 Å². The first kappa shape index (κ1) is 14.6. The van der Waals surface area contributed by atoms with E-state index < -0.39 is 0 Å². The third-order valence-electron chi connectivity index (χ3n) is 2.84. The lowest BCUT2D eigenvalue weighted by Gasteiger charge is -2.18. The van der Waals surface area contributed by atoms with Crippen LogP contribution in [0.5, 0.6) is 0 Å². The molecule has 0 heterocycles. The zero-order valence-electron chi connectivity index (χ0n) is 10.1. The second-order valence-electron chi connectivity index (χ2n) is 4.06. The molecule has 0 aromatic heterocycles. The molecule has 0 saturated heterocycles. The van der Waals surface area contributed by atoms with Gasteiger partial charge in [0.1, 0.15) is 11.6 Å². The quantitative estimate of drug-likeness (QED) is 0.793. The maximum absolute atomic E-state index is 14.0. The van der Waals surface area contributed by atoms with Crippen molar-refractivity contribution in [2.75, 3.05) is 7.05 Å². The molecule has 0 amide bonds. The first-order valence-electron chi connectivity index (χ1n) is 5.60. The summed E-state index contributed by atoms with van der Waals surface area (Å²) in [6.45, 7) is 0. The van der Waals surface area contributed by atoms with Gasteiger partial charge in [0.2, 0.25) is 0 Å². The number of benzene rings is 2. The third kappa shape index (κ3) is 3.22. The van der Waals surface area contributed by atoms with E-state index in [1.54, 1.807) is 31.3 Å². The van der Waals surface area contributed by atoms with Crippen LogP contribution in [-0.4, -0.2) is 7.05 Å². The minimum atomic E-state index is -0.338. The van der Waals surface area contributed by atoms with Crippen molar-refractivity contribution >= 4 is 31.9 Å². The van der Waals surface area contributed by atoms with Gasteiger partial charge in [-0.2, -0.15) is 0 Å². The van der Waals surface area contributed by atoms with Gasteiger partial charge in [-0.05, 0) is 52.8 Å². The van der Waals surface area contributed by atoms with Crippen LogP contribution in [0.4, 0.5) is 8.78 Å². The number of nitrogens with one attached hydrogen (secondary N) is 1. The summed E-state index contributed by atoms with van der Waals surface area (Å²) in [4.78, 5) is 0. The van der Waals surface area contributed by atoms with Crippen LogP contribution in [0.3, 0.4) is 0 Å². The Morgan fingerprint density at radius 1 is 1.00 bits per heavy atom. The van der Waals surface area contributed by atoms with Gasteiger partial charge >= 0.3 is 0 Å². The van der Waals surface area contributed by atoms with Crippen LogP contribution in [0.15, 0.2) is 45.3 Å². The Bertz CT molecular complexity index is 602. The highest BCUT2D eigenvalue weighted by Gasteiger charge is 2.17. The van der Waals surface area contributed by atoms with Crippen molar-refractivity contribution in [2.24, 2.45) is 0 Å². The third-order valence-corrected chi connectivity index (χ3v) is 3.94. The van der Waals surface area contributed by atoms with E-state index in [1.165, 1.54) is 12.1 Å². The van der Waals surface area contributed by atoms with Gasteiger partial charge < -0.3 is 5.32 Å². The van der Waals surface area contributed by atoms with E-state index in [0.717, 1.165) is 5.56 Å². The van der Waals surface area contributed by atoms with Gasteiger partial charge in [-0.25, -0.2) is 8.78 Å². The Hall–Kier alpha value is -0.780. The molecule has 0 spiro atoms. The molecule has 100 valence electrons. The van der Waals surface area contributed by atoms with Crippen LogP contribution in [0.2, 0.25) is 0 Å². The van der Waals surface area contributed by atoms with Crippen molar-refractivity contribution < 1.29 is 8.78 Å². The summed E-state index contributed by atoms with van der Waals surface area (Å²) in [5.74, 6) is -0.649. The van der Waals surface area contributed by atoms with Crippen molar-refractivity contribution in [3.63, 3.8) is 0 Å². The molecule has 0 aliphatic heterocycles. The first-order valence-corrected chi connectivity index (χ1v) is 7.18. The van der Waals surface area contributed by atoms with E-state index in [0.29, 0.717) is 14.5 Å². The molecule has 1 atom stereocenters. The number of halogens is 4. The van der Waals surface area contributed by atoms with E-state index in [-0.39, 0.29) is 17.7 Å². The molecule has 2 rings (SSSR count). The summed E-state index contributed by atoms with van der Waals surface area (Å²) in [6.07, 6.45) is 0. The largest absolute Gasteiger partial charge is 0.309 e. The van der Waals surface area contributed by atoms with Gasteiger partial charge in [0.25, 0.3) is 0 Å². The molecule has 1 N–H and O–H groups in total. The van der Waals surface area contributed by atoms with Crippen LogP contribution < -0.4 is 5.32 Å². The maximum Gasteiger partial charge on any atom is 0.137 e. The van der Waals surface area contributed by atoms with Gasteiger partial charge in [-0.1, -0.05) is 28.1 Å². The van der Waals surface area contributed by atoms with Crippen molar-refractivity contribution in [3.05, 3.63) is 68.1 Å². The molecule has 19 heavy (non-hydrogen) atoms. The maximum atomic E-state index is 14.0. The molecular weight excluding hydrogens is 380 g/mol. The Kier molecular flexibility index (Phi) is 4.71. The Labute approximate surface area is 127 Å². The molecule has 5 heteroatoms. The summed E-state index contributed by atoms with van der Waals surface area (Å²) in [6, 6.07) is 9.23. The summed E-state index contributed by atoms with van der Waals surface area (Å²) >= 11 is 6.37. The molecule has 0 radical (unpaired) electrons. The molecule has 0 bridgehead atoms. The molecule has 0 fully saturated rings. The van der Waals surface area contributed by atoms with Crippen molar-refractivity contribution in [1.82, 2.24) is 5.32 Å². The molecule has 1 nitrogen and oxygen atoms in total. The second kappa shape index (κ2) is 6.11. The second-order valence-corrected chi connectivity index (χ2v) is 5.83. The topological polar surface area (TPSA) is 12.0 Å². The Balaban J connectivity index is 2.46. The minimum Gasteiger partial charge on any atom is -0.309 e. The van der Waals surface area contributed by atoms with Crippen molar-refractivity contribution in [3.8, 4) is 0 Å². The summed E-state index contributed by atoms with van der Waals surface area (Å²) in [5.41, 5.74) is 1.31. The molecular formula is C14H11Br2F2N. The summed E-state index contributed by atoms with van der Waals surface area (Å²) in [5, 5.41) is 3.04. The van der Waals surface area contributed by atoms with Crippen LogP contribution in [0, 0.1) is 11.6 Å². The highest BCUT2D eigenvalue weighted by Crippen LogP contribution is 2.28. The summed E-state index contributed by atoms with van der Waals surface area (Å²) in [7, 11) is 1.74. The summed E-state index contributed by atoms with van der Waals surface area (Å²) < 4.78 is 28.3. The van der Waals surface area contributed by atoms with Crippen LogP contribution in [0.1, 0.15) is 17.2 Å². The average molecular weight is 391 g/mol. The standard InChI is InChI=1S/C14H11Br2F2N/c1-19-14(8-2-5-12(17)11(16)6-8)10-4-3-9(15)7-13(10)18/h2-7,14,19H,1H3. The highest BCUT2D eigenvalue weighted by molar-refractivity contribution is 9.10. The predicted octanol–water partition coefficient (Wildman–Crippen LogP) is 4.80. The first-order chi connectivity index (χ1) is 9.02. The lowest BCUT2D eigenvalue weighted by molar-refractivity contribution is 0.573. The Morgan fingerprint density at radius 3 is 2.32 bits per heavy atom. The smallest absolute Gasteiger partial charge is 0.137 e. The normalized spacial score (nSPS) is 12.5. The fourth-order valence-corrected chi connectivity index (χ4v) is 2.66. The monoisotopic (exact) mass is 389 g/mol. The lowest BCUT2D eigenvalue weighted by atomic mass is 9.98. The zero-order chi connectivity index (χ0) is 14.0. The minimum absolute atomic E-state index is 0.311. The molecule has 2 aromatic carbocycles. The molecule has 0 saturated carbocycles. The lowest BCUT2D eigenvalue weighted by Crippen LogP contribution is -2.19. The average Bonchev–Trinajstić information content (AvgIpc) is 2.37. The van der Waals surface area contributed by atoms with E-state index >= 15 is 0 Å². The van der Waals surface area contributed by atoms with Crippen molar-refractivity contribution in [2.45, 2.75) is 6.04 Å². The van der Waals surface area contributed by atoms with Gasteiger partial charge in [0.05, 0.1) is 10.5 Å². The van der Waals surface area contributed by atoms with Crippen LogP contribution in [-0.2, 0) is 0 Å².